The van der Waals surface area contributed by atoms with Gasteiger partial charge in [0.2, 0.25) is 0 Å². The van der Waals surface area contributed by atoms with Gasteiger partial charge >= 0.3 is 0 Å². The van der Waals surface area contributed by atoms with Crippen LogP contribution in [0.1, 0.15) is 47.5 Å². The fourth-order valence-electron chi connectivity index (χ4n) is 1.22. The average molecular weight is 258 g/mol. The summed E-state index contributed by atoms with van der Waals surface area (Å²) in [7, 11) is 0. The summed E-state index contributed by atoms with van der Waals surface area (Å²) in [6.07, 6.45) is 1.68. The second-order valence-corrected chi connectivity index (χ2v) is 5.40. The standard InChI is InChI=1S/C14H30N2O2/c1-6-8-15-16-9-7-14(17-10-12(2)3)18-11-13(4)5/h12-14H,6-11H2,1-5H3. The Kier molecular flexibility index (Phi) is 11.3. The highest BCUT2D eigenvalue weighted by atomic mass is 16.7. The number of azo groups is 1. The summed E-state index contributed by atoms with van der Waals surface area (Å²) in [5.74, 6) is 1.05. The van der Waals surface area contributed by atoms with E-state index in [-0.39, 0.29) is 6.29 Å². The topological polar surface area (TPSA) is 43.2 Å². The normalized spacial score (nSPS) is 12.4. The van der Waals surface area contributed by atoms with Crippen molar-refractivity contribution in [2.45, 2.75) is 53.8 Å². The van der Waals surface area contributed by atoms with E-state index in [0.29, 0.717) is 18.4 Å². The Bertz CT molecular complexity index is 194. The van der Waals surface area contributed by atoms with Gasteiger partial charge in [0, 0.05) is 6.42 Å². The van der Waals surface area contributed by atoms with Crippen LogP contribution >= 0.6 is 0 Å². The monoisotopic (exact) mass is 258 g/mol. The van der Waals surface area contributed by atoms with Crippen molar-refractivity contribution in [3.05, 3.63) is 0 Å². The van der Waals surface area contributed by atoms with E-state index in [1.54, 1.807) is 0 Å². The van der Waals surface area contributed by atoms with Crippen LogP contribution in [0.3, 0.4) is 0 Å². The second-order valence-electron chi connectivity index (χ2n) is 5.40. The molecule has 4 nitrogen and oxygen atoms in total. The summed E-state index contributed by atoms with van der Waals surface area (Å²) >= 11 is 0. The second kappa shape index (κ2) is 11.6. The lowest BCUT2D eigenvalue weighted by molar-refractivity contribution is -0.155. The summed E-state index contributed by atoms with van der Waals surface area (Å²) < 4.78 is 11.5. The van der Waals surface area contributed by atoms with Crippen LogP contribution in [0, 0.1) is 11.8 Å². The molecule has 0 saturated heterocycles. The molecule has 0 aromatic heterocycles. The zero-order valence-electron chi connectivity index (χ0n) is 12.7. The molecule has 0 radical (unpaired) electrons. The van der Waals surface area contributed by atoms with E-state index in [4.69, 9.17) is 9.47 Å². The molecule has 0 bridgehead atoms. The molecule has 0 heterocycles. The van der Waals surface area contributed by atoms with Gasteiger partial charge in [0.1, 0.15) is 0 Å². The zero-order valence-corrected chi connectivity index (χ0v) is 12.7. The van der Waals surface area contributed by atoms with E-state index in [9.17, 15) is 0 Å². The highest BCUT2D eigenvalue weighted by Gasteiger charge is 2.11. The van der Waals surface area contributed by atoms with Gasteiger partial charge in [0.15, 0.2) is 6.29 Å². The van der Waals surface area contributed by atoms with E-state index in [0.717, 1.165) is 32.6 Å². The van der Waals surface area contributed by atoms with Gasteiger partial charge in [0.25, 0.3) is 0 Å². The third-order valence-electron chi connectivity index (χ3n) is 2.12. The lowest BCUT2D eigenvalue weighted by Gasteiger charge is -2.20. The molecule has 0 spiro atoms. The molecule has 0 aliphatic rings. The molecule has 0 atom stereocenters. The zero-order chi connectivity index (χ0) is 13.8. The fraction of sp³-hybridized carbons (Fsp3) is 1.00. The van der Waals surface area contributed by atoms with Crippen LogP contribution < -0.4 is 0 Å². The summed E-state index contributed by atoms with van der Waals surface area (Å²) in [6, 6.07) is 0. The summed E-state index contributed by atoms with van der Waals surface area (Å²) in [6.45, 7) is 13.6. The molecule has 0 aromatic rings. The first-order chi connectivity index (χ1) is 8.56. The van der Waals surface area contributed by atoms with Crippen molar-refractivity contribution in [3.63, 3.8) is 0 Å². The lowest BCUT2D eigenvalue weighted by atomic mass is 10.2. The van der Waals surface area contributed by atoms with Crippen LogP contribution in [0.5, 0.6) is 0 Å². The predicted octanol–water partition coefficient (Wildman–Crippen LogP) is 3.91. The number of rotatable bonds is 11. The summed E-state index contributed by atoms with van der Waals surface area (Å²) in [5.41, 5.74) is 0. The first-order valence-corrected chi connectivity index (χ1v) is 7.12. The van der Waals surface area contributed by atoms with Gasteiger partial charge in [0.05, 0.1) is 26.3 Å². The fourth-order valence-corrected chi connectivity index (χ4v) is 1.22. The molecule has 0 aliphatic carbocycles. The maximum Gasteiger partial charge on any atom is 0.159 e. The first-order valence-electron chi connectivity index (χ1n) is 7.12. The average Bonchev–Trinajstić information content (AvgIpc) is 2.30. The van der Waals surface area contributed by atoms with Gasteiger partial charge in [-0.15, -0.1) is 0 Å². The largest absolute Gasteiger partial charge is 0.352 e. The minimum Gasteiger partial charge on any atom is -0.352 e. The quantitative estimate of drug-likeness (QED) is 0.416. The highest BCUT2D eigenvalue weighted by Crippen LogP contribution is 2.07. The highest BCUT2D eigenvalue weighted by molar-refractivity contribution is 4.52. The van der Waals surface area contributed by atoms with Crippen molar-refractivity contribution < 1.29 is 9.47 Å². The minimum absolute atomic E-state index is 0.143. The molecule has 0 rings (SSSR count). The van der Waals surface area contributed by atoms with Crippen molar-refractivity contribution in [2.24, 2.45) is 22.1 Å². The molecule has 0 amide bonds. The van der Waals surface area contributed by atoms with Crippen molar-refractivity contribution >= 4 is 0 Å². The van der Waals surface area contributed by atoms with Crippen molar-refractivity contribution in [2.75, 3.05) is 26.3 Å². The Labute approximate surface area is 112 Å². The molecule has 0 N–H and O–H groups in total. The first kappa shape index (κ1) is 17.5. The van der Waals surface area contributed by atoms with E-state index in [1.165, 1.54) is 0 Å². The molecule has 18 heavy (non-hydrogen) atoms. The Morgan fingerprint density at radius 3 is 1.78 bits per heavy atom. The molecular formula is C14H30N2O2. The van der Waals surface area contributed by atoms with Crippen LogP contribution in [0.15, 0.2) is 10.2 Å². The number of hydrogen-bond donors (Lipinski definition) is 0. The number of ether oxygens (including phenoxy) is 2. The summed E-state index contributed by atoms with van der Waals surface area (Å²) in [4.78, 5) is 0. The Hall–Kier alpha value is -0.480. The molecule has 0 fully saturated rings. The van der Waals surface area contributed by atoms with Crippen LogP contribution in [0.25, 0.3) is 0 Å². The molecule has 108 valence electrons. The van der Waals surface area contributed by atoms with Gasteiger partial charge < -0.3 is 9.47 Å². The van der Waals surface area contributed by atoms with Crippen LogP contribution in [-0.2, 0) is 9.47 Å². The third-order valence-corrected chi connectivity index (χ3v) is 2.12. The van der Waals surface area contributed by atoms with Gasteiger partial charge in [-0.2, -0.15) is 10.2 Å². The van der Waals surface area contributed by atoms with E-state index >= 15 is 0 Å². The van der Waals surface area contributed by atoms with Gasteiger partial charge in [-0.3, -0.25) is 0 Å². The number of hydrogen-bond acceptors (Lipinski definition) is 4. The molecule has 4 heteroatoms. The smallest absolute Gasteiger partial charge is 0.159 e. The Morgan fingerprint density at radius 1 is 0.833 bits per heavy atom. The van der Waals surface area contributed by atoms with E-state index in [2.05, 4.69) is 44.8 Å². The van der Waals surface area contributed by atoms with Crippen molar-refractivity contribution in [3.8, 4) is 0 Å². The minimum atomic E-state index is -0.143. The van der Waals surface area contributed by atoms with Crippen molar-refractivity contribution in [1.82, 2.24) is 0 Å². The molecule has 0 aliphatic heterocycles. The predicted molar refractivity (Wildman–Crippen MR) is 74.9 cm³/mol. The van der Waals surface area contributed by atoms with Gasteiger partial charge in [-0.05, 0) is 18.3 Å². The summed E-state index contributed by atoms with van der Waals surface area (Å²) in [5, 5.41) is 8.19. The maximum atomic E-state index is 5.74. The van der Waals surface area contributed by atoms with Crippen LogP contribution in [0.2, 0.25) is 0 Å². The third kappa shape index (κ3) is 12.0. The van der Waals surface area contributed by atoms with Crippen LogP contribution in [0.4, 0.5) is 0 Å². The van der Waals surface area contributed by atoms with Gasteiger partial charge in [-0.25, -0.2) is 0 Å². The molecular weight excluding hydrogens is 228 g/mol. The lowest BCUT2D eigenvalue weighted by Crippen LogP contribution is -2.22. The SMILES string of the molecule is CCCN=NCCC(OCC(C)C)OCC(C)C. The molecule has 0 saturated carbocycles. The van der Waals surface area contributed by atoms with E-state index in [1.807, 2.05) is 0 Å². The number of nitrogens with zero attached hydrogens (tertiary/aromatic N) is 2. The Morgan fingerprint density at radius 2 is 1.33 bits per heavy atom. The van der Waals surface area contributed by atoms with Gasteiger partial charge in [-0.1, -0.05) is 34.6 Å². The maximum absolute atomic E-state index is 5.74. The van der Waals surface area contributed by atoms with E-state index < -0.39 is 0 Å². The molecule has 0 unspecified atom stereocenters. The van der Waals surface area contributed by atoms with Crippen molar-refractivity contribution in [1.29, 1.82) is 0 Å². The van der Waals surface area contributed by atoms with Crippen LogP contribution in [-0.4, -0.2) is 32.6 Å². The molecule has 0 aromatic carbocycles. The Balaban J connectivity index is 3.87.